The summed E-state index contributed by atoms with van der Waals surface area (Å²) in [6.07, 6.45) is -3.45. The number of aromatic nitrogens is 2. The Morgan fingerprint density at radius 3 is 2.59 bits per heavy atom. The highest BCUT2D eigenvalue weighted by Crippen LogP contribution is 2.30. The minimum atomic E-state index is -4.60. The maximum absolute atomic E-state index is 12.7. The van der Waals surface area contributed by atoms with E-state index in [2.05, 4.69) is 10.6 Å². The number of hydrogen-bond donors (Lipinski definition) is 4. The van der Waals surface area contributed by atoms with Crippen LogP contribution in [0.4, 0.5) is 18.9 Å². The molecule has 2 amide bonds. The molecule has 12 heteroatoms. The van der Waals surface area contributed by atoms with Crippen molar-refractivity contribution in [3.8, 4) is 0 Å². The number of alkyl halides is 3. The Morgan fingerprint density at radius 2 is 1.97 bits per heavy atom. The molecule has 0 aliphatic carbocycles. The number of nitrogens with zero attached hydrogens (tertiary/aromatic N) is 1. The Morgan fingerprint density at radius 1 is 1.28 bits per heavy atom. The van der Waals surface area contributed by atoms with Crippen molar-refractivity contribution in [1.29, 1.82) is 0 Å². The molecule has 1 unspecified atom stereocenters. The van der Waals surface area contributed by atoms with Gasteiger partial charge in [0.2, 0.25) is 11.8 Å². The van der Waals surface area contributed by atoms with Crippen LogP contribution in [0, 0.1) is 6.92 Å². The molecule has 0 aliphatic rings. The fraction of sp³-hybridized carbons (Fsp3) is 0.294. The molecule has 0 spiro atoms. The third kappa shape index (κ3) is 5.78. The Hall–Kier alpha value is -3.41. The maximum Gasteiger partial charge on any atom is 0.416 e. The summed E-state index contributed by atoms with van der Waals surface area (Å²) in [5.41, 5.74) is -2.43. The average Bonchev–Trinajstić information content (AvgIpc) is 2.63. The van der Waals surface area contributed by atoms with Gasteiger partial charge in [-0.15, -0.1) is 0 Å². The number of hydrogen-bond acceptors (Lipinski definition) is 5. The molecule has 0 fully saturated rings. The van der Waals surface area contributed by atoms with E-state index in [1.54, 1.807) is 0 Å². The SMILES string of the molecule is Cc1cn(CC(=O)NC(CO)C(=O)Nc2cccc(C(F)(F)F)c2)c(=O)[nH]c1=O. The highest BCUT2D eigenvalue weighted by Gasteiger charge is 2.30. The summed E-state index contributed by atoms with van der Waals surface area (Å²) >= 11 is 0. The van der Waals surface area contributed by atoms with Gasteiger partial charge in [-0.25, -0.2) is 4.79 Å². The minimum absolute atomic E-state index is 0.176. The van der Waals surface area contributed by atoms with Crippen molar-refractivity contribution in [1.82, 2.24) is 14.9 Å². The lowest BCUT2D eigenvalue weighted by Crippen LogP contribution is -2.48. The van der Waals surface area contributed by atoms with Crippen LogP contribution in [0.15, 0.2) is 40.1 Å². The monoisotopic (exact) mass is 414 g/mol. The maximum atomic E-state index is 12.7. The van der Waals surface area contributed by atoms with E-state index in [0.29, 0.717) is 6.07 Å². The normalized spacial score (nSPS) is 12.3. The molecule has 2 rings (SSSR count). The van der Waals surface area contributed by atoms with Gasteiger partial charge >= 0.3 is 11.9 Å². The topological polar surface area (TPSA) is 133 Å². The summed E-state index contributed by atoms with van der Waals surface area (Å²) in [7, 11) is 0. The van der Waals surface area contributed by atoms with Crippen molar-refractivity contribution in [2.75, 3.05) is 11.9 Å². The van der Waals surface area contributed by atoms with E-state index in [9.17, 15) is 37.5 Å². The van der Waals surface area contributed by atoms with Crippen LogP contribution in [0.1, 0.15) is 11.1 Å². The van der Waals surface area contributed by atoms with Crippen LogP contribution in [-0.4, -0.2) is 39.1 Å². The molecule has 156 valence electrons. The van der Waals surface area contributed by atoms with Crippen LogP contribution < -0.4 is 21.9 Å². The first kappa shape index (κ1) is 21.9. The van der Waals surface area contributed by atoms with Crippen LogP contribution in [-0.2, 0) is 22.3 Å². The molecular weight excluding hydrogens is 397 g/mol. The summed E-state index contributed by atoms with van der Waals surface area (Å²) in [5, 5.41) is 13.7. The summed E-state index contributed by atoms with van der Waals surface area (Å²) in [4.78, 5) is 49.3. The molecule has 0 saturated carbocycles. The Kier molecular flexibility index (Phi) is 6.59. The van der Waals surface area contributed by atoms with E-state index in [0.717, 1.165) is 22.9 Å². The first-order valence-electron chi connectivity index (χ1n) is 8.20. The lowest BCUT2D eigenvalue weighted by molar-refractivity contribution is -0.137. The number of carbonyl (C=O) groups is 2. The molecular formula is C17H17F3N4O5. The number of aromatic amines is 1. The molecule has 0 radical (unpaired) electrons. The third-order valence-electron chi connectivity index (χ3n) is 3.79. The number of amides is 2. The van der Waals surface area contributed by atoms with E-state index < -0.39 is 54.0 Å². The quantitative estimate of drug-likeness (QED) is 0.527. The van der Waals surface area contributed by atoms with Gasteiger partial charge in [-0.2, -0.15) is 13.2 Å². The number of rotatable bonds is 6. The number of aliphatic hydroxyl groups excluding tert-OH is 1. The van der Waals surface area contributed by atoms with Crippen LogP contribution >= 0.6 is 0 Å². The smallest absolute Gasteiger partial charge is 0.394 e. The second-order valence-electron chi connectivity index (χ2n) is 6.07. The number of carbonyl (C=O) groups excluding carboxylic acids is 2. The van der Waals surface area contributed by atoms with Gasteiger partial charge in [0.15, 0.2) is 0 Å². The van der Waals surface area contributed by atoms with Crippen molar-refractivity contribution in [2.24, 2.45) is 0 Å². The van der Waals surface area contributed by atoms with E-state index in [-0.39, 0.29) is 11.3 Å². The number of H-pyrrole nitrogens is 1. The van der Waals surface area contributed by atoms with Gasteiger partial charge < -0.3 is 15.7 Å². The van der Waals surface area contributed by atoms with Crippen LogP contribution in [0.2, 0.25) is 0 Å². The highest BCUT2D eigenvalue weighted by molar-refractivity contribution is 5.97. The Labute approximate surface area is 161 Å². The van der Waals surface area contributed by atoms with Crippen molar-refractivity contribution in [2.45, 2.75) is 25.7 Å². The summed E-state index contributed by atoms with van der Waals surface area (Å²) in [6, 6.07) is 2.36. The van der Waals surface area contributed by atoms with Crippen LogP contribution in [0.5, 0.6) is 0 Å². The predicted octanol–water partition coefficient (Wildman–Crippen LogP) is -0.0204. The molecule has 0 saturated heterocycles. The zero-order valence-corrected chi connectivity index (χ0v) is 15.0. The second-order valence-corrected chi connectivity index (χ2v) is 6.07. The lowest BCUT2D eigenvalue weighted by atomic mass is 10.2. The van der Waals surface area contributed by atoms with Gasteiger partial charge in [0.05, 0.1) is 12.2 Å². The Bertz CT molecular complexity index is 1030. The zero-order chi connectivity index (χ0) is 21.8. The number of aryl methyl sites for hydroxylation is 1. The minimum Gasteiger partial charge on any atom is -0.394 e. The summed E-state index contributed by atoms with van der Waals surface area (Å²) in [5.74, 6) is -1.79. The molecule has 0 aliphatic heterocycles. The number of anilines is 1. The molecule has 29 heavy (non-hydrogen) atoms. The average molecular weight is 414 g/mol. The standard InChI is InChI=1S/C17H17F3N4O5/c1-9-6-24(16(29)23-14(9)27)7-13(26)22-12(8-25)15(28)21-11-4-2-3-10(5-11)17(18,19)20/h2-6,12,25H,7-8H2,1H3,(H,21,28)(H,22,26)(H,23,27,29). The van der Waals surface area contributed by atoms with Gasteiger partial charge in [-0.3, -0.25) is 23.9 Å². The van der Waals surface area contributed by atoms with Gasteiger partial charge in [0.25, 0.3) is 5.56 Å². The van der Waals surface area contributed by atoms with Crippen molar-refractivity contribution in [3.63, 3.8) is 0 Å². The van der Waals surface area contributed by atoms with Crippen molar-refractivity contribution >= 4 is 17.5 Å². The number of aliphatic hydroxyl groups is 1. The van der Waals surface area contributed by atoms with E-state index >= 15 is 0 Å². The lowest BCUT2D eigenvalue weighted by Gasteiger charge is -2.17. The second kappa shape index (κ2) is 8.73. The van der Waals surface area contributed by atoms with Crippen LogP contribution in [0.25, 0.3) is 0 Å². The van der Waals surface area contributed by atoms with Gasteiger partial charge in [0.1, 0.15) is 12.6 Å². The summed E-state index contributed by atoms with van der Waals surface area (Å²) < 4.78 is 39.1. The van der Waals surface area contributed by atoms with Crippen molar-refractivity contribution in [3.05, 3.63) is 62.4 Å². The molecule has 2 aromatic rings. The van der Waals surface area contributed by atoms with Gasteiger partial charge in [-0.1, -0.05) is 6.07 Å². The molecule has 1 aromatic heterocycles. The first-order valence-corrected chi connectivity index (χ1v) is 8.20. The molecule has 1 heterocycles. The Balaban J connectivity index is 2.07. The van der Waals surface area contributed by atoms with Gasteiger partial charge in [0, 0.05) is 17.4 Å². The fourth-order valence-electron chi connectivity index (χ4n) is 2.33. The van der Waals surface area contributed by atoms with Crippen LogP contribution in [0.3, 0.4) is 0 Å². The van der Waals surface area contributed by atoms with E-state index in [4.69, 9.17) is 0 Å². The highest BCUT2D eigenvalue weighted by atomic mass is 19.4. The van der Waals surface area contributed by atoms with Gasteiger partial charge in [-0.05, 0) is 25.1 Å². The first-order chi connectivity index (χ1) is 13.5. The zero-order valence-electron chi connectivity index (χ0n) is 15.0. The van der Waals surface area contributed by atoms with Crippen molar-refractivity contribution < 1.29 is 27.9 Å². The predicted molar refractivity (Wildman–Crippen MR) is 95.1 cm³/mol. The summed E-state index contributed by atoms with van der Waals surface area (Å²) in [6.45, 7) is 0.0333. The fourth-order valence-corrected chi connectivity index (χ4v) is 2.33. The third-order valence-corrected chi connectivity index (χ3v) is 3.79. The number of halogens is 3. The number of nitrogens with one attached hydrogen (secondary N) is 3. The molecule has 4 N–H and O–H groups in total. The molecule has 1 atom stereocenters. The van der Waals surface area contributed by atoms with E-state index in [1.165, 1.54) is 13.0 Å². The number of benzene rings is 1. The van der Waals surface area contributed by atoms with E-state index in [1.807, 2.05) is 4.98 Å². The molecule has 0 bridgehead atoms. The molecule has 1 aromatic carbocycles. The molecule has 9 nitrogen and oxygen atoms in total. The largest absolute Gasteiger partial charge is 0.416 e.